The molecule has 108 valence electrons. The van der Waals surface area contributed by atoms with E-state index in [0.29, 0.717) is 12.5 Å². The number of carbonyl (C=O) groups excluding carboxylic acids is 1. The third-order valence-corrected chi connectivity index (χ3v) is 5.51. The molecular weight excluding hydrogens is 250 g/mol. The maximum atomic E-state index is 12.7. The molecule has 1 aromatic heterocycles. The number of aryl methyl sites for hydroxylation is 1. The average Bonchev–Trinajstić information content (AvgIpc) is 3.05. The molecule has 2 bridgehead atoms. The smallest absolute Gasteiger partial charge is 0.230 e. The minimum atomic E-state index is -0.334. The second-order valence-electron chi connectivity index (χ2n) is 6.95. The molecule has 2 N–H and O–H groups in total. The Bertz CT molecular complexity index is 572. The minimum Gasteiger partial charge on any atom is -0.350 e. The van der Waals surface area contributed by atoms with Crippen LogP contribution in [0.3, 0.4) is 0 Å². The standard InChI is InChI=1S/C16H23N3O/c1-10-7-13(19-18-10)9-17-14(20)16-6-5-12(8-16)15(3,4)11(16)2/h7,12H,2,5-6,8-9H2,1,3-4H3,(H,17,20)(H,18,19)/t12-,16+/m1/s1. The SMILES string of the molecule is C=C1C(C)(C)[C@@H]2CC[C@]1(C(=O)NCc1cc(C)[nH]n1)C2. The zero-order valence-corrected chi connectivity index (χ0v) is 12.5. The molecule has 1 aromatic rings. The summed E-state index contributed by atoms with van der Waals surface area (Å²) in [6.07, 6.45) is 3.05. The van der Waals surface area contributed by atoms with Gasteiger partial charge in [-0.3, -0.25) is 9.89 Å². The molecule has 2 fully saturated rings. The molecule has 0 aromatic carbocycles. The third-order valence-electron chi connectivity index (χ3n) is 5.51. The molecule has 2 aliphatic rings. The van der Waals surface area contributed by atoms with E-state index in [1.165, 1.54) is 0 Å². The van der Waals surface area contributed by atoms with Crippen LogP contribution in [0.2, 0.25) is 0 Å². The highest BCUT2D eigenvalue weighted by Crippen LogP contribution is 2.65. The zero-order valence-electron chi connectivity index (χ0n) is 12.5. The van der Waals surface area contributed by atoms with Crippen LogP contribution in [-0.4, -0.2) is 16.1 Å². The molecule has 2 aliphatic carbocycles. The lowest BCUT2D eigenvalue weighted by molar-refractivity contribution is -0.128. The Morgan fingerprint density at radius 3 is 2.90 bits per heavy atom. The van der Waals surface area contributed by atoms with Crippen molar-refractivity contribution in [1.82, 2.24) is 15.5 Å². The summed E-state index contributed by atoms with van der Waals surface area (Å²) in [7, 11) is 0. The van der Waals surface area contributed by atoms with Crippen molar-refractivity contribution in [3.63, 3.8) is 0 Å². The number of carbonyl (C=O) groups is 1. The van der Waals surface area contributed by atoms with Crippen LogP contribution < -0.4 is 5.32 Å². The van der Waals surface area contributed by atoms with Crippen LogP contribution in [0, 0.1) is 23.7 Å². The van der Waals surface area contributed by atoms with E-state index in [4.69, 9.17) is 0 Å². The first-order chi connectivity index (χ1) is 9.36. The van der Waals surface area contributed by atoms with Crippen molar-refractivity contribution in [3.8, 4) is 0 Å². The quantitative estimate of drug-likeness (QED) is 0.832. The van der Waals surface area contributed by atoms with E-state index >= 15 is 0 Å². The highest BCUT2D eigenvalue weighted by atomic mass is 16.2. The molecule has 1 amide bonds. The van der Waals surface area contributed by atoms with Gasteiger partial charge in [-0.1, -0.05) is 26.0 Å². The summed E-state index contributed by atoms with van der Waals surface area (Å²) in [6.45, 7) is 11.2. The number of aromatic amines is 1. The van der Waals surface area contributed by atoms with E-state index in [2.05, 4.69) is 35.9 Å². The molecule has 4 nitrogen and oxygen atoms in total. The molecule has 1 heterocycles. The second kappa shape index (κ2) is 4.21. The summed E-state index contributed by atoms with van der Waals surface area (Å²) >= 11 is 0. The largest absolute Gasteiger partial charge is 0.350 e. The average molecular weight is 273 g/mol. The van der Waals surface area contributed by atoms with Gasteiger partial charge in [-0.15, -0.1) is 0 Å². The Kier molecular flexibility index (Phi) is 2.82. The Balaban J connectivity index is 1.73. The summed E-state index contributed by atoms with van der Waals surface area (Å²) in [5.74, 6) is 0.740. The van der Waals surface area contributed by atoms with Crippen LogP contribution in [0.25, 0.3) is 0 Å². The van der Waals surface area contributed by atoms with Crippen molar-refractivity contribution in [1.29, 1.82) is 0 Å². The molecule has 3 rings (SSSR count). The number of aromatic nitrogens is 2. The monoisotopic (exact) mass is 273 g/mol. The first-order valence-corrected chi connectivity index (χ1v) is 7.35. The van der Waals surface area contributed by atoms with Crippen LogP contribution in [0.1, 0.15) is 44.5 Å². The zero-order chi connectivity index (χ0) is 14.5. The predicted molar refractivity (Wildman–Crippen MR) is 77.9 cm³/mol. The first kappa shape index (κ1) is 13.4. The highest BCUT2D eigenvalue weighted by Gasteiger charge is 2.60. The molecule has 0 spiro atoms. The highest BCUT2D eigenvalue weighted by molar-refractivity contribution is 5.87. The van der Waals surface area contributed by atoms with Crippen LogP contribution in [0.4, 0.5) is 0 Å². The van der Waals surface area contributed by atoms with Gasteiger partial charge in [0.05, 0.1) is 17.7 Å². The molecule has 0 aliphatic heterocycles. The van der Waals surface area contributed by atoms with Crippen molar-refractivity contribution in [2.24, 2.45) is 16.7 Å². The molecule has 0 unspecified atom stereocenters. The van der Waals surface area contributed by atoms with Gasteiger partial charge >= 0.3 is 0 Å². The Labute approximate surface area is 120 Å². The van der Waals surface area contributed by atoms with Crippen LogP contribution in [0.5, 0.6) is 0 Å². The molecular formula is C16H23N3O. The predicted octanol–water partition coefficient (Wildman–Crippen LogP) is 2.72. The maximum Gasteiger partial charge on any atom is 0.230 e. The number of nitrogens with zero attached hydrogens (tertiary/aromatic N) is 1. The van der Waals surface area contributed by atoms with Gasteiger partial charge in [0.2, 0.25) is 5.91 Å². The number of hydrogen-bond donors (Lipinski definition) is 2. The number of nitrogens with one attached hydrogen (secondary N) is 2. The van der Waals surface area contributed by atoms with Gasteiger partial charge in [0.25, 0.3) is 0 Å². The number of hydrogen-bond acceptors (Lipinski definition) is 2. The van der Waals surface area contributed by atoms with Crippen molar-refractivity contribution in [3.05, 3.63) is 29.6 Å². The van der Waals surface area contributed by atoms with Crippen molar-refractivity contribution in [2.75, 3.05) is 0 Å². The molecule has 0 saturated heterocycles. The lowest BCUT2D eigenvalue weighted by atomic mass is 9.68. The summed E-state index contributed by atoms with van der Waals surface area (Å²) in [6, 6.07) is 1.96. The summed E-state index contributed by atoms with van der Waals surface area (Å²) in [5, 5.41) is 10.1. The van der Waals surface area contributed by atoms with Gasteiger partial charge < -0.3 is 5.32 Å². The second-order valence-corrected chi connectivity index (χ2v) is 6.95. The Hall–Kier alpha value is -1.58. The molecule has 4 heteroatoms. The van der Waals surface area contributed by atoms with Crippen molar-refractivity contribution >= 4 is 5.91 Å². The molecule has 0 radical (unpaired) electrons. The fourth-order valence-electron chi connectivity index (χ4n) is 4.05. The van der Waals surface area contributed by atoms with Gasteiger partial charge in [0.15, 0.2) is 0 Å². The van der Waals surface area contributed by atoms with Crippen molar-refractivity contribution in [2.45, 2.75) is 46.6 Å². The van der Waals surface area contributed by atoms with Crippen LogP contribution in [-0.2, 0) is 11.3 Å². The fraction of sp³-hybridized carbons (Fsp3) is 0.625. The number of H-pyrrole nitrogens is 1. The number of rotatable bonds is 3. The molecule has 2 saturated carbocycles. The van der Waals surface area contributed by atoms with Gasteiger partial charge in [0, 0.05) is 5.69 Å². The first-order valence-electron chi connectivity index (χ1n) is 7.35. The molecule has 2 atom stereocenters. The van der Waals surface area contributed by atoms with Crippen LogP contribution >= 0.6 is 0 Å². The Morgan fingerprint density at radius 1 is 1.60 bits per heavy atom. The van der Waals surface area contributed by atoms with Gasteiger partial charge in [-0.25, -0.2) is 0 Å². The number of amides is 1. The normalized spacial score (nSPS) is 30.8. The topological polar surface area (TPSA) is 57.8 Å². The van der Waals surface area contributed by atoms with E-state index in [1.54, 1.807) is 0 Å². The minimum absolute atomic E-state index is 0.0957. The van der Waals surface area contributed by atoms with E-state index < -0.39 is 0 Å². The van der Waals surface area contributed by atoms with Gasteiger partial charge in [0.1, 0.15) is 0 Å². The lowest BCUT2D eigenvalue weighted by Gasteiger charge is -2.37. The third kappa shape index (κ3) is 1.74. The van der Waals surface area contributed by atoms with E-state index in [1.807, 2.05) is 13.0 Å². The molecule has 20 heavy (non-hydrogen) atoms. The maximum absolute atomic E-state index is 12.7. The summed E-state index contributed by atoms with van der Waals surface area (Å²) in [4.78, 5) is 12.7. The van der Waals surface area contributed by atoms with E-state index in [-0.39, 0.29) is 16.7 Å². The Morgan fingerprint density at radius 2 is 2.35 bits per heavy atom. The van der Waals surface area contributed by atoms with Crippen LogP contribution in [0.15, 0.2) is 18.2 Å². The van der Waals surface area contributed by atoms with Gasteiger partial charge in [-0.05, 0) is 43.6 Å². The van der Waals surface area contributed by atoms with E-state index in [9.17, 15) is 4.79 Å². The summed E-state index contributed by atoms with van der Waals surface area (Å²) in [5.41, 5.74) is 2.78. The summed E-state index contributed by atoms with van der Waals surface area (Å²) < 4.78 is 0. The fourth-order valence-corrected chi connectivity index (χ4v) is 4.05. The van der Waals surface area contributed by atoms with Gasteiger partial charge in [-0.2, -0.15) is 5.10 Å². The lowest BCUT2D eigenvalue weighted by Crippen LogP contribution is -2.41. The van der Waals surface area contributed by atoms with E-state index in [0.717, 1.165) is 36.2 Å². The number of fused-ring (bicyclic) bond motifs is 2. The van der Waals surface area contributed by atoms with Crippen molar-refractivity contribution < 1.29 is 4.79 Å².